The Morgan fingerprint density at radius 1 is 1.19 bits per heavy atom. The number of pyridine rings is 1. The van der Waals surface area contributed by atoms with E-state index in [9.17, 15) is 9.59 Å². The van der Waals surface area contributed by atoms with Crippen molar-refractivity contribution in [1.29, 1.82) is 0 Å². The molecule has 8 nitrogen and oxygen atoms in total. The molecule has 1 aliphatic rings. The normalized spacial score (nSPS) is 18.0. The van der Waals surface area contributed by atoms with E-state index in [2.05, 4.69) is 20.9 Å². The molecule has 1 aliphatic heterocycles. The van der Waals surface area contributed by atoms with Gasteiger partial charge in [-0.25, -0.2) is 9.78 Å². The van der Waals surface area contributed by atoms with Crippen LogP contribution in [0.3, 0.4) is 0 Å². The molecule has 0 spiro atoms. The van der Waals surface area contributed by atoms with Gasteiger partial charge in [0.1, 0.15) is 0 Å². The van der Waals surface area contributed by atoms with Gasteiger partial charge in [0.05, 0.1) is 6.33 Å². The molecule has 4 rings (SSSR count). The molecule has 0 bridgehead atoms. The first-order valence-electron chi connectivity index (χ1n) is 8.82. The summed E-state index contributed by atoms with van der Waals surface area (Å²) in [4.78, 5) is 35.5. The summed E-state index contributed by atoms with van der Waals surface area (Å²) in [7, 11) is 3.14. The summed E-state index contributed by atoms with van der Waals surface area (Å²) in [6, 6.07) is 4.46. The fourth-order valence-electron chi connectivity index (χ4n) is 3.85. The Hall–Kier alpha value is -2.74. The topological polar surface area (TPSA) is 78.0 Å². The molecule has 4 heterocycles. The minimum absolute atomic E-state index is 0.300. The van der Waals surface area contributed by atoms with E-state index in [1.54, 1.807) is 19.6 Å². The zero-order chi connectivity index (χ0) is 18.3. The lowest BCUT2D eigenvalue weighted by Crippen LogP contribution is -2.38. The Morgan fingerprint density at radius 2 is 2.04 bits per heavy atom. The van der Waals surface area contributed by atoms with Crippen molar-refractivity contribution in [1.82, 2.24) is 28.6 Å². The number of hydrogen-bond donors (Lipinski definition) is 0. The van der Waals surface area contributed by atoms with Gasteiger partial charge in [-0.3, -0.25) is 23.8 Å². The molecule has 3 aromatic heterocycles. The fourth-order valence-corrected chi connectivity index (χ4v) is 3.85. The SMILES string of the molecule is Cn1c(=O)c2c(ncn2CCN2CCCC2c2cccnc2)n(C)c1=O. The summed E-state index contributed by atoms with van der Waals surface area (Å²) >= 11 is 0. The third-order valence-electron chi connectivity index (χ3n) is 5.28. The van der Waals surface area contributed by atoms with E-state index in [-0.39, 0.29) is 11.2 Å². The van der Waals surface area contributed by atoms with Crippen molar-refractivity contribution in [3.8, 4) is 0 Å². The van der Waals surface area contributed by atoms with Crippen LogP contribution in [-0.2, 0) is 20.6 Å². The largest absolute Gasteiger partial charge is 0.332 e. The van der Waals surface area contributed by atoms with E-state index in [4.69, 9.17) is 0 Å². The Morgan fingerprint density at radius 3 is 2.81 bits per heavy atom. The molecule has 0 amide bonds. The standard InChI is InChI=1S/C18H22N6O2/c1-21-16-15(17(25)22(2)18(21)26)24(12-20-16)10-9-23-8-4-6-14(23)13-5-3-7-19-11-13/h3,5,7,11-12,14H,4,6,8-10H2,1-2H3. The summed E-state index contributed by atoms with van der Waals surface area (Å²) in [6.07, 6.45) is 7.65. The molecule has 26 heavy (non-hydrogen) atoms. The first-order chi connectivity index (χ1) is 12.6. The van der Waals surface area contributed by atoms with Gasteiger partial charge in [0, 0.05) is 45.6 Å². The second-order valence-corrected chi connectivity index (χ2v) is 6.80. The molecule has 1 saturated heterocycles. The van der Waals surface area contributed by atoms with Gasteiger partial charge in [-0.1, -0.05) is 6.07 Å². The quantitative estimate of drug-likeness (QED) is 0.688. The van der Waals surface area contributed by atoms with Crippen molar-refractivity contribution in [2.75, 3.05) is 13.1 Å². The Kier molecular flexibility index (Phi) is 4.20. The Labute approximate surface area is 150 Å². The van der Waals surface area contributed by atoms with E-state index in [0.29, 0.717) is 23.8 Å². The predicted octanol–water partition coefficient (Wildman–Crippen LogP) is 0.666. The van der Waals surface area contributed by atoms with E-state index < -0.39 is 0 Å². The zero-order valence-corrected chi connectivity index (χ0v) is 15.0. The van der Waals surface area contributed by atoms with Crippen molar-refractivity contribution in [2.24, 2.45) is 14.1 Å². The maximum Gasteiger partial charge on any atom is 0.332 e. The lowest BCUT2D eigenvalue weighted by molar-refractivity contribution is 0.247. The second kappa shape index (κ2) is 6.53. The molecule has 0 saturated carbocycles. The lowest BCUT2D eigenvalue weighted by atomic mass is 10.1. The smallest absolute Gasteiger partial charge is 0.323 e. The van der Waals surface area contributed by atoms with Gasteiger partial charge in [0.2, 0.25) is 0 Å². The molecular weight excluding hydrogens is 332 g/mol. The predicted molar refractivity (Wildman–Crippen MR) is 98.0 cm³/mol. The maximum absolute atomic E-state index is 12.5. The highest BCUT2D eigenvalue weighted by molar-refractivity contribution is 5.69. The average Bonchev–Trinajstić information content (AvgIpc) is 3.30. The highest BCUT2D eigenvalue weighted by Gasteiger charge is 2.26. The monoisotopic (exact) mass is 354 g/mol. The molecular formula is C18H22N6O2. The van der Waals surface area contributed by atoms with E-state index in [1.165, 1.54) is 17.2 Å². The van der Waals surface area contributed by atoms with Crippen LogP contribution in [0.15, 0.2) is 40.4 Å². The van der Waals surface area contributed by atoms with Gasteiger partial charge in [-0.15, -0.1) is 0 Å². The van der Waals surface area contributed by atoms with Gasteiger partial charge in [-0.2, -0.15) is 0 Å². The number of likely N-dealkylation sites (tertiary alicyclic amines) is 1. The number of fused-ring (bicyclic) bond motifs is 1. The van der Waals surface area contributed by atoms with Crippen molar-refractivity contribution in [2.45, 2.75) is 25.4 Å². The van der Waals surface area contributed by atoms with Crippen LogP contribution in [-0.4, -0.2) is 41.7 Å². The summed E-state index contributed by atoms with van der Waals surface area (Å²) in [5.41, 5.74) is 1.49. The summed E-state index contributed by atoms with van der Waals surface area (Å²) in [5.74, 6) is 0. The first-order valence-corrected chi connectivity index (χ1v) is 8.82. The molecule has 8 heteroatoms. The van der Waals surface area contributed by atoms with Crippen LogP contribution < -0.4 is 11.2 Å². The number of imidazole rings is 1. The summed E-state index contributed by atoms with van der Waals surface area (Å²) in [6.45, 7) is 2.50. The molecule has 1 unspecified atom stereocenters. The highest BCUT2D eigenvalue weighted by atomic mass is 16.2. The fraction of sp³-hybridized carbons (Fsp3) is 0.444. The minimum Gasteiger partial charge on any atom is -0.323 e. The summed E-state index contributed by atoms with van der Waals surface area (Å²) in [5, 5.41) is 0. The second-order valence-electron chi connectivity index (χ2n) is 6.80. The number of aromatic nitrogens is 5. The molecule has 1 atom stereocenters. The van der Waals surface area contributed by atoms with Crippen molar-refractivity contribution in [3.05, 3.63) is 57.3 Å². The van der Waals surface area contributed by atoms with Gasteiger partial charge in [-0.05, 0) is 31.0 Å². The van der Waals surface area contributed by atoms with Crippen molar-refractivity contribution in [3.63, 3.8) is 0 Å². The Balaban J connectivity index is 1.61. The highest BCUT2D eigenvalue weighted by Crippen LogP contribution is 2.31. The number of aryl methyl sites for hydroxylation is 1. The van der Waals surface area contributed by atoms with Crippen LogP contribution in [0.1, 0.15) is 24.4 Å². The molecule has 136 valence electrons. The lowest BCUT2D eigenvalue weighted by Gasteiger charge is -2.24. The number of hydrogen-bond acceptors (Lipinski definition) is 5. The van der Waals surface area contributed by atoms with E-state index >= 15 is 0 Å². The van der Waals surface area contributed by atoms with Crippen LogP contribution in [0.5, 0.6) is 0 Å². The third kappa shape index (κ3) is 2.66. The molecule has 0 radical (unpaired) electrons. The van der Waals surface area contributed by atoms with Gasteiger partial charge >= 0.3 is 5.69 Å². The third-order valence-corrected chi connectivity index (χ3v) is 5.28. The Bertz CT molecular complexity index is 1050. The average molecular weight is 354 g/mol. The number of rotatable bonds is 4. The van der Waals surface area contributed by atoms with Gasteiger partial charge < -0.3 is 4.57 Å². The molecule has 0 aromatic carbocycles. The van der Waals surface area contributed by atoms with E-state index in [1.807, 2.05) is 16.8 Å². The summed E-state index contributed by atoms with van der Waals surface area (Å²) < 4.78 is 4.41. The number of nitrogens with zero attached hydrogens (tertiary/aromatic N) is 6. The van der Waals surface area contributed by atoms with Gasteiger partial charge in [0.25, 0.3) is 5.56 Å². The van der Waals surface area contributed by atoms with Crippen molar-refractivity contribution >= 4 is 11.2 Å². The van der Waals surface area contributed by atoms with Crippen LogP contribution in [0.25, 0.3) is 11.2 Å². The molecule has 0 aliphatic carbocycles. The first kappa shape index (κ1) is 16.7. The minimum atomic E-state index is -0.357. The maximum atomic E-state index is 12.5. The molecule has 1 fully saturated rings. The molecule has 3 aromatic rings. The van der Waals surface area contributed by atoms with Crippen LogP contribution in [0.4, 0.5) is 0 Å². The van der Waals surface area contributed by atoms with Crippen molar-refractivity contribution < 1.29 is 0 Å². The zero-order valence-electron chi connectivity index (χ0n) is 15.0. The van der Waals surface area contributed by atoms with Crippen LogP contribution in [0.2, 0.25) is 0 Å². The molecule has 0 N–H and O–H groups in total. The van der Waals surface area contributed by atoms with Crippen LogP contribution >= 0.6 is 0 Å². The van der Waals surface area contributed by atoms with Gasteiger partial charge in [0.15, 0.2) is 11.2 Å². The van der Waals surface area contributed by atoms with E-state index in [0.717, 1.165) is 30.5 Å². The van der Waals surface area contributed by atoms with Crippen LogP contribution in [0, 0.1) is 0 Å².